The molecule has 11 nitrogen and oxygen atoms in total. The monoisotopic (exact) mass is 433 g/mol. The van der Waals surface area contributed by atoms with Crippen LogP contribution in [0.3, 0.4) is 0 Å². The lowest BCUT2D eigenvalue weighted by Gasteiger charge is -2.30. The van der Waals surface area contributed by atoms with Crippen LogP contribution in [0.25, 0.3) is 16.9 Å². The van der Waals surface area contributed by atoms with Crippen LogP contribution >= 0.6 is 0 Å². The molecule has 5 rings (SSSR count). The van der Waals surface area contributed by atoms with Crippen LogP contribution < -0.4 is 4.74 Å². The smallest absolute Gasteiger partial charge is 0.316 e. The molecule has 0 spiro atoms. The molecule has 0 atom stereocenters. The van der Waals surface area contributed by atoms with Gasteiger partial charge in [0.1, 0.15) is 6.10 Å². The van der Waals surface area contributed by atoms with E-state index >= 15 is 0 Å². The number of carbonyl (C=O) groups is 1. The number of fused-ring (bicyclic) bond motifs is 1. The minimum absolute atomic E-state index is 0.0520. The van der Waals surface area contributed by atoms with Gasteiger partial charge in [-0.25, -0.2) is 19.5 Å². The molecule has 1 aliphatic rings. The number of ether oxygens (including phenoxy) is 1. The Kier molecular flexibility index (Phi) is 5.00. The van der Waals surface area contributed by atoms with Crippen molar-refractivity contribution in [2.75, 3.05) is 13.1 Å². The van der Waals surface area contributed by atoms with E-state index in [0.717, 1.165) is 22.5 Å². The molecule has 4 aromatic rings. The predicted molar refractivity (Wildman–Crippen MR) is 114 cm³/mol. The zero-order valence-corrected chi connectivity index (χ0v) is 18.1. The van der Waals surface area contributed by atoms with Crippen molar-refractivity contribution >= 4 is 11.7 Å². The third-order valence-corrected chi connectivity index (χ3v) is 5.48. The Morgan fingerprint density at radius 1 is 1.06 bits per heavy atom. The molecule has 0 N–H and O–H groups in total. The number of nitrogens with zero attached hydrogens (tertiary/aromatic N) is 9. The van der Waals surface area contributed by atoms with E-state index in [1.165, 1.54) is 0 Å². The van der Waals surface area contributed by atoms with Gasteiger partial charge in [-0.1, -0.05) is 0 Å². The van der Waals surface area contributed by atoms with Crippen LogP contribution in [0.1, 0.15) is 34.8 Å². The SMILES string of the molecule is Cc1cc(C)n2nc(C(=O)N3CCC(Oc4ncc(-c5cnn(C)c5)cn4)CC3)nc2n1. The fourth-order valence-electron chi connectivity index (χ4n) is 3.82. The van der Waals surface area contributed by atoms with Gasteiger partial charge in [0.05, 0.1) is 6.20 Å². The van der Waals surface area contributed by atoms with Gasteiger partial charge in [0.25, 0.3) is 11.7 Å². The first kappa shape index (κ1) is 20.0. The van der Waals surface area contributed by atoms with Crippen molar-refractivity contribution < 1.29 is 9.53 Å². The minimum atomic E-state index is -0.192. The fourth-order valence-corrected chi connectivity index (χ4v) is 3.82. The summed E-state index contributed by atoms with van der Waals surface area (Å²) in [7, 11) is 1.86. The first-order valence-corrected chi connectivity index (χ1v) is 10.4. The summed E-state index contributed by atoms with van der Waals surface area (Å²) >= 11 is 0. The van der Waals surface area contributed by atoms with Gasteiger partial charge in [-0.3, -0.25) is 9.48 Å². The van der Waals surface area contributed by atoms with Gasteiger partial charge < -0.3 is 9.64 Å². The molecular weight excluding hydrogens is 410 g/mol. The van der Waals surface area contributed by atoms with Crippen molar-refractivity contribution in [2.45, 2.75) is 32.8 Å². The van der Waals surface area contributed by atoms with Crippen molar-refractivity contribution in [1.82, 2.24) is 44.2 Å². The quantitative estimate of drug-likeness (QED) is 0.477. The Hall–Kier alpha value is -3.89. The van der Waals surface area contributed by atoms with E-state index in [0.29, 0.717) is 37.7 Å². The van der Waals surface area contributed by atoms with E-state index in [2.05, 4.69) is 30.1 Å². The van der Waals surface area contributed by atoms with Crippen LogP contribution in [-0.4, -0.2) is 69.3 Å². The van der Waals surface area contributed by atoms with Gasteiger partial charge >= 0.3 is 6.01 Å². The fraction of sp³-hybridized carbons (Fsp3) is 0.381. The van der Waals surface area contributed by atoms with Crippen molar-refractivity contribution in [3.8, 4) is 17.1 Å². The number of carbonyl (C=O) groups excluding carboxylic acids is 1. The normalized spacial score (nSPS) is 14.8. The maximum Gasteiger partial charge on any atom is 0.316 e. The lowest BCUT2D eigenvalue weighted by atomic mass is 10.1. The average Bonchev–Trinajstić information content (AvgIpc) is 3.41. The van der Waals surface area contributed by atoms with Gasteiger partial charge in [-0.05, 0) is 19.9 Å². The summed E-state index contributed by atoms with van der Waals surface area (Å²) < 4.78 is 9.27. The summed E-state index contributed by atoms with van der Waals surface area (Å²) in [6.07, 6.45) is 8.44. The highest BCUT2D eigenvalue weighted by atomic mass is 16.5. The third kappa shape index (κ3) is 3.88. The maximum atomic E-state index is 12.9. The van der Waals surface area contributed by atoms with Crippen LogP contribution in [-0.2, 0) is 7.05 Å². The summed E-state index contributed by atoms with van der Waals surface area (Å²) in [6.45, 7) is 4.92. The van der Waals surface area contributed by atoms with Crippen LogP contribution in [0.4, 0.5) is 0 Å². The summed E-state index contributed by atoms with van der Waals surface area (Å²) in [4.78, 5) is 32.0. The Balaban J connectivity index is 1.20. The number of hydrogen-bond acceptors (Lipinski definition) is 8. The summed E-state index contributed by atoms with van der Waals surface area (Å²) in [5.74, 6) is 0.416. The molecule has 0 unspecified atom stereocenters. The second kappa shape index (κ2) is 7.98. The van der Waals surface area contributed by atoms with Crippen molar-refractivity contribution in [1.29, 1.82) is 0 Å². The van der Waals surface area contributed by atoms with E-state index in [9.17, 15) is 4.79 Å². The molecule has 11 heteroatoms. The van der Waals surface area contributed by atoms with Crippen LogP contribution in [0.5, 0.6) is 6.01 Å². The van der Waals surface area contributed by atoms with Crippen molar-refractivity contribution in [2.24, 2.45) is 7.05 Å². The van der Waals surface area contributed by atoms with Gasteiger partial charge in [0, 0.05) is 74.1 Å². The second-order valence-corrected chi connectivity index (χ2v) is 7.95. The summed E-state index contributed by atoms with van der Waals surface area (Å²) in [6, 6.07) is 2.24. The third-order valence-electron chi connectivity index (χ3n) is 5.48. The molecule has 1 amide bonds. The van der Waals surface area contributed by atoms with E-state index in [1.54, 1.807) is 32.7 Å². The minimum Gasteiger partial charge on any atom is -0.460 e. The molecule has 0 saturated carbocycles. The van der Waals surface area contributed by atoms with Gasteiger partial charge in [0.15, 0.2) is 0 Å². The van der Waals surface area contributed by atoms with E-state index < -0.39 is 0 Å². The molecule has 164 valence electrons. The molecule has 32 heavy (non-hydrogen) atoms. The topological polar surface area (TPSA) is 116 Å². The van der Waals surface area contributed by atoms with E-state index in [-0.39, 0.29) is 17.8 Å². The van der Waals surface area contributed by atoms with E-state index in [4.69, 9.17) is 4.74 Å². The molecule has 5 heterocycles. The molecule has 4 aromatic heterocycles. The number of rotatable bonds is 4. The highest BCUT2D eigenvalue weighted by molar-refractivity contribution is 5.91. The number of piperidine rings is 1. The van der Waals surface area contributed by atoms with Crippen LogP contribution in [0, 0.1) is 13.8 Å². The molecule has 0 aromatic carbocycles. The highest BCUT2D eigenvalue weighted by Gasteiger charge is 2.28. The van der Waals surface area contributed by atoms with Gasteiger partial charge in [0.2, 0.25) is 5.82 Å². The molecule has 1 fully saturated rings. The molecule has 0 aliphatic carbocycles. The Bertz CT molecular complexity index is 1270. The lowest BCUT2D eigenvalue weighted by Crippen LogP contribution is -2.42. The zero-order chi connectivity index (χ0) is 22.2. The lowest BCUT2D eigenvalue weighted by molar-refractivity contribution is 0.0568. The first-order valence-electron chi connectivity index (χ1n) is 10.4. The molecule has 0 bridgehead atoms. The Morgan fingerprint density at radius 2 is 1.81 bits per heavy atom. The van der Waals surface area contributed by atoms with Crippen molar-refractivity contribution in [3.63, 3.8) is 0 Å². The number of amides is 1. The zero-order valence-electron chi connectivity index (χ0n) is 18.1. The van der Waals surface area contributed by atoms with Gasteiger partial charge in [-0.15, -0.1) is 5.10 Å². The molecule has 0 radical (unpaired) electrons. The number of likely N-dealkylation sites (tertiary alicyclic amines) is 1. The average molecular weight is 433 g/mol. The number of aryl methyl sites for hydroxylation is 3. The molecule has 1 aliphatic heterocycles. The Labute approximate surface area is 184 Å². The number of aromatic nitrogens is 8. The highest BCUT2D eigenvalue weighted by Crippen LogP contribution is 2.20. The van der Waals surface area contributed by atoms with E-state index in [1.807, 2.05) is 33.2 Å². The largest absolute Gasteiger partial charge is 0.460 e. The summed E-state index contributed by atoms with van der Waals surface area (Å²) in [5.41, 5.74) is 3.56. The van der Waals surface area contributed by atoms with Crippen LogP contribution in [0.15, 0.2) is 30.9 Å². The predicted octanol–water partition coefficient (Wildman–Crippen LogP) is 1.62. The molecule has 1 saturated heterocycles. The van der Waals surface area contributed by atoms with Crippen LogP contribution in [0.2, 0.25) is 0 Å². The maximum absolute atomic E-state index is 12.9. The first-order chi connectivity index (χ1) is 15.5. The second-order valence-electron chi connectivity index (χ2n) is 7.95. The Morgan fingerprint density at radius 3 is 2.50 bits per heavy atom. The number of hydrogen-bond donors (Lipinski definition) is 0. The summed E-state index contributed by atoms with van der Waals surface area (Å²) in [5, 5.41) is 8.50. The molecular formula is C21H23N9O2. The standard InChI is InChI=1S/C21H23N9O2/c1-13-8-14(2)30-20(25-13)26-18(27-30)19(31)29-6-4-17(5-7-29)32-21-22-9-15(10-23-21)16-11-24-28(3)12-16/h8-12,17H,4-7H2,1-3H3. The van der Waals surface area contributed by atoms with Gasteiger partial charge in [-0.2, -0.15) is 10.1 Å². The van der Waals surface area contributed by atoms with Crippen molar-refractivity contribution in [3.05, 3.63) is 48.1 Å².